The lowest BCUT2D eigenvalue weighted by Gasteiger charge is -2.18. The summed E-state index contributed by atoms with van der Waals surface area (Å²) in [5.74, 6) is 0. The average molecular weight is 161 g/mol. The highest BCUT2D eigenvalue weighted by Gasteiger charge is 2.05. The largest absolute Gasteiger partial charge is 0.396 e. The molecule has 2 N–H and O–H groups in total. The van der Waals surface area contributed by atoms with E-state index in [0.717, 1.165) is 13.0 Å². The van der Waals surface area contributed by atoms with Crippen LogP contribution in [0.25, 0.3) is 0 Å². The van der Waals surface area contributed by atoms with Crippen LogP contribution in [0.2, 0.25) is 0 Å². The lowest BCUT2D eigenvalue weighted by atomic mass is 10.2. The smallest absolute Gasteiger partial charge is 0.0613 e. The summed E-state index contributed by atoms with van der Waals surface area (Å²) in [5, 5.41) is 11.9. The van der Waals surface area contributed by atoms with E-state index in [2.05, 4.69) is 19.2 Å². The van der Waals surface area contributed by atoms with Gasteiger partial charge < -0.3 is 15.2 Å². The second-order valence-corrected chi connectivity index (χ2v) is 2.94. The third-order valence-electron chi connectivity index (χ3n) is 1.55. The maximum absolute atomic E-state index is 8.61. The van der Waals surface area contributed by atoms with Gasteiger partial charge in [-0.05, 0) is 20.3 Å². The van der Waals surface area contributed by atoms with Gasteiger partial charge in [0.2, 0.25) is 0 Å². The van der Waals surface area contributed by atoms with Crippen LogP contribution in [-0.4, -0.2) is 37.5 Å². The number of rotatable bonds is 6. The van der Waals surface area contributed by atoms with Crippen molar-refractivity contribution in [2.45, 2.75) is 32.4 Å². The van der Waals surface area contributed by atoms with Crippen LogP contribution in [0.3, 0.4) is 0 Å². The van der Waals surface area contributed by atoms with Crippen molar-refractivity contribution in [1.82, 2.24) is 5.32 Å². The summed E-state index contributed by atoms with van der Waals surface area (Å²) in [7, 11) is 1.69. The first kappa shape index (κ1) is 10.9. The molecule has 0 aliphatic heterocycles. The molecule has 0 rings (SSSR count). The van der Waals surface area contributed by atoms with Crippen molar-refractivity contribution >= 4 is 0 Å². The molecule has 3 heteroatoms. The van der Waals surface area contributed by atoms with E-state index in [1.165, 1.54) is 0 Å². The SMILES string of the molecule is COCC(C)N[C@H](C)CCO. The van der Waals surface area contributed by atoms with E-state index in [1.54, 1.807) is 7.11 Å². The maximum atomic E-state index is 8.61. The molecule has 11 heavy (non-hydrogen) atoms. The highest BCUT2D eigenvalue weighted by Crippen LogP contribution is 1.92. The summed E-state index contributed by atoms with van der Waals surface area (Å²) < 4.78 is 4.96. The highest BCUT2D eigenvalue weighted by molar-refractivity contribution is 4.65. The second kappa shape index (κ2) is 6.58. The van der Waals surface area contributed by atoms with Gasteiger partial charge in [-0.3, -0.25) is 0 Å². The molecular formula is C8H19NO2. The second-order valence-electron chi connectivity index (χ2n) is 2.94. The normalized spacial score (nSPS) is 16.4. The topological polar surface area (TPSA) is 41.5 Å². The summed E-state index contributed by atoms with van der Waals surface area (Å²) in [6.45, 7) is 5.09. The molecule has 0 amide bonds. The molecule has 0 bridgehead atoms. The Morgan fingerprint density at radius 2 is 2.00 bits per heavy atom. The molecule has 3 nitrogen and oxygen atoms in total. The summed E-state index contributed by atoms with van der Waals surface area (Å²) in [5.41, 5.74) is 0. The molecule has 0 saturated heterocycles. The summed E-state index contributed by atoms with van der Waals surface area (Å²) >= 11 is 0. The Morgan fingerprint density at radius 1 is 1.36 bits per heavy atom. The van der Waals surface area contributed by atoms with E-state index in [0.29, 0.717) is 12.1 Å². The van der Waals surface area contributed by atoms with Crippen molar-refractivity contribution in [3.8, 4) is 0 Å². The van der Waals surface area contributed by atoms with Crippen molar-refractivity contribution in [2.24, 2.45) is 0 Å². The zero-order valence-corrected chi connectivity index (χ0v) is 7.63. The number of methoxy groups -OCH3 is 1. The van der Waals surface area contributed by atoms with Gasteiger partial charge in [0.1, 0.15) is 0 Å². The molecule has 68 valence electrons. The molecule has 0 aromatic rings. The quantitative estimate of drug-likeness (QED) is 0.592. The third kappa shape index (κ3) is 6.28. The van der Waals surface area contributed by atoms with Gasteiger partial charge in [0, 0.05) is 25.8 Å². The molecule has 1 unspecified atom stereocenters. The van der Waals surface area contributed by atoms with Crippen LogP contribution < -0.4 is 5.32 Å². The van der Waals surface area contributed by atoms with Crippen LogP contribution in [0.5, 0.6) is 0 Å². The summed E-state index contributed by atoms with van der Waals surface area (Å²) in [4.78, 5) is 0. The number of ether oxygens (including phenoxy) is 1. The van der Waals surface area contributed by atoms with Crippen molar-refractivity contribution in [3.05, 3.63) is 0 Å². The van der Waals surface area contributed by atoms with Gasteiger partial charge in [-0.25, -0.2) is 0 Å². The number of nitrogens with one attached hydrogen (secondary N) is 1. The predicted molar refractivity (Wildman–Crippen MR) is 45.6 cm³/mol. The fourth-order valence-electron chi connectivity index (χ4n) is 1.06. The molecule has 0 radical (unpaired) electrons. The van der Waals surface area contributed by atoms with Crippen molar-refractivity contribution in [3.63, 3.8) is 0 Å². The zero-order valence-electron chi connectivity index (χ0n) is 7.63. The monoisotopic (exact) mass is 161 g/mol. The Kier molecular flexibility index (Phi) is 6.51. The zero-order chi connectivity index (χ0) is 8.69. The lowest BCUT2D eigenvalue weighted by molar-refractivity contribution is 0.163. The van der Waals surface area contributed by atoms with Gasteiger partial charge in [0.15, 0.2) is 0 Å². The van der Waals surface area contributed by atoms with Gasteiger partial charge in [-0.2, -0.15) is 0 Å². The molecule has 0 aromatic carbocycles. The fourth-order valence-corrected chi connectivity index (χ4v) is 1.06. The summed E-state index contributed by atoms with van der Waals surface area (Å²) in [6.07, 6.45) is 0.800. The Morgan fingerprint density at radius 3 is 2.45 bits per heavy atom. The number of hydrogen-bond acceptors (Lipinski definition) is 3. The Hall–Kier alpha value is -0.120. The van der Waals surface area contributed by atoms with E-state index >= 15 is 0 Å². The minimum Gasteiger partial charge on any atom is -0.396 e. The van der Waals surface area contributed by atoms with E-state index < -0.39 is 0 Å². The maximum Gasteiger partial charge on any atom is 0.0613 e. The van der Waals surface area contributed by atoms with E-state index in [4.69, 9.17) is 9.84 Å². The van der Waals surface area contributed by atoms with Crippen LogP contribution in [0, 0.1) is 0 Å². The van der Waals surface area contributed by atoms with Crippen molar-refractivity contribution < 1.29 is 9.84 Å². The van der Waals surface area contributed by atoms with Crippen LogP contribution in [0.15, 0.2) is 0 Å². The third-order valence-corrected chi connectivity index (χ3v) is 1.55. The van der Waals surface area contributed by atoms with Crippen LogP contribution >= 0.6 is 0 Å². The minimum atomic E-state index is 0.244. The van der Waals surface area contributed by atoms with E-state index in [-0.39, 0.29) is 6.61 Å². The fraction of sp³-hybridized carbons (Fsp3) is 1.00. The van der Waals surface area contributed by atoms with Gasteiger partial charge >= 0.3 is 0 Å². The molecule has 2 atom stereocenters. The first-order valence-corrected chi connectivity index (χ1v) is 4.06. The van der Waals surface area contributed by atoms with Gasteiger partial charge in [0.25, 0.3) is 0 Å². The molecule has 0 aliphatic carbocycles. The number of hydrogen-bond donors (Lipinski definition) is 2. The van der Waals surface area contributed by atoms with Gasteiger partial charge in [-0.1, -0.05) is 0 Å². The molecular weight excluding hydrogens is 142 g/mol. The predicted octanol–water partition coefficient (Wildman–Crippen LogP) is 0.382. The van der Waals surface area contributed by atoms with Crippen molar-refractivity contribution in [2.75, 3.05) is 20.3 Å². The highest BCUT2D eigenvalue weighted by atomic mass is 16.5. The Labute approximate surface area is 68.8 Å². The first-order valence-electron chi connectivity index (χ1n) is 4.06. The van der Waals surface area contributed by atoms with Crippen LogP contribution in [-0.2, 0) is 4.74 Å². The Balaban J connectivity index is 3.32. The Bertz CT molecular complexity index is 78.2. The standard InChI is InChI=1S/C8H19NO2/c1-7(4-5-10)9-8(2)6-11-3/h7-10H,4-6H2,1-3H3/t7-,8?/m1/s1. The number of aliphatic hydroxyl groups excluding tert-OH is 1. The molecule has 0 saturated carbocycles. The number of aliphatic hydroxyl groups is 1. The van der Waals surface area contributed by atoms with Crippen LogP contribution in [0.4, 0.5) is 0 Å². The molecule has 0 aliphatic rings. The first-order chi connectivity index (χ1) is 5.20. The minimum absolute atomic E-state index is 0.244. The summed E-state index contributed by atoms with van der Waals surface area (Å²) in [6, 6.07) is 0.728. The van der Waals surface area contributed by atoms with Gasteiger partial charge in [0.05, 0.1) is 6.61 Å². The molecule has 0 aromatic heterocycles. The van der Waals surface area contributed by atoms with Crippen molar-refractivity contribution in [1.29, 1.82) is 0 Å². The average Bonchev–Trinajstić information content (AvgIpc) is 1.87. The lowest BCUT2D eigenvalue weighted by Crippen LogP contribution is -2.37. The van der Waals surface area contributed by atoms with E-state index in [1.807, 2.05) is 0 Å². The molecule has 0 spiro atoms. The molecule has 0 heterocycles. The van der Waals surface area contributed by atoms with Gasteiger partial charge in [-0.15, -0.1) is 0 Å². The van der Waals surface area contributed by atoms with E-state index in [9.17, 15) is 0 Å². The molecule has 0 fully saturated rings. The van der Waals surface area contributed by atoms with Crippen LogP contribution in [0.1, 0.15) is 20.3 Å².